The number of aliphatic hydroxyl groups excluding tert-OH is 1. The Kier molecular flexibility index (Phi) is 6.53. The van der Waals surface area contributed by atoms with Crippen LogP contribution >= 0.6 is 0 Å². The average Bonchev–Trinajstić information content (AvgIpc) is 2.83. The van der Waals surface area contributed by atoms with Gasteiger partial charge in [0.05, 0.1) is 25.2 Å². The van der Waals surface area contributed by atoms with Crippen molar-refractivity contribution in [1.29, 1.82) is 0 Å². The molecule has 166 valence electrons. The smallest absolute Gasteiger partial charge is 0.236 e. The van der Waals surface area contributed by atoms with Crippen molar-refractivity contribution in [3.63, 3.8) is 0 Å². The van der Waals surface area contributed by atoms with Crippen molar-refractivity contribution in [3.8, 4) is 5.75 Å². The SMILES string of the molecule is COc1ccc([C@H]2C(=O)N(c3ccc(CN)cc3)[C@H]2CC[C@H](O)c2ccc(F)cc2)cc1. The van der Waals surface area contributed by atoms with Crippen molar-refractivity contribution in [2.45, 2.75) is 37.5 Å². The van der Waals surface area contributed by atoms with Gasteiger partial charge in [-0.05, 0) is 65.9 Å². The lowest BCUT2D eigenvalue weighted by Crippen LogP contribution is -2.59. The molecule has 0 spiro atoms. The van der Waals surface area contributed by atoms with E-state index in [1.165, 1.54) is 12.1 Å². The lowest BCUT2D eigenvalue weighted by molar-refractivity contribution is -0.126. The van der Waals surface area contributed by atoms with E-state index in [-0.39, 0.29) is 23.7 Å². The molecule has 1 heterocycles. The third-order valence-corrected chi connectivity index (χ3v) is 6.14. The molecule has 0 aliphatic carbocycles. The van der Waals surface area contributed by atoms with Crippen LogP contribution in [0.2, 0.25) is 0 Å². The molecule has 1 aliphatic rings. The van der Waals surface area contributed by atoms with Crippen LogP contribution < -0.4 is 15.4 Å². The van der Waals surface area contributed by atoms with E-state index in [0.29, 0.717) is 24.9 Å². The van der Waals surface area contributed by atoms with E-state index in [1.807, 2.05) is 48.5 Å². The number of hydrogen-bond donors (Lipinski definition) is 2. The van der Waals surface area contributed by atoms with Crippen LogP contribution in [-0.2, 0) is 11.3 Å². The Morgan fingerprint density at radius 3 is 2.28 bits per heavy atom. The minimum Gasteiger partial charge on any atom is -0.497 e. The molecule has 3 atom stereocenters. The molecule has 3 aromatic rings. The number of hydrogen-bond acceptors (Lipinski definition) is 4. The van der Waals surface area contributed by atoms with Crippen LogP contribution in [-0.4, -0.2) is 24.2 Å². The van der Waals surface area contributed by atoms with E-state index in [1.54, 1.807) is 24.1 Å². The number of carbonyl (C=O) groups is 1. The summed E-state index contributed by atoms with van der Waals surface area (Å²) >= 11 is 0. The molecule has 3 aromatic carbocycles. The zero-order valence-electron chi connectivity index (χ0n) is 17.9. The molecule has 1 fully saturated rings. The number of methoxy groups -OCH3 is 1. The highest BCUT2D eigenvalue weighted by molar-refractivity contribution is 6.06. The number of nitrogens with two attached hydrogens (primary N) is 1. The molecule has 1 aliphatic heterocycles. The summed E-state index contributed by atoms with van der Waals surface area (Å²) in [4.78, 5) is 15.0. The zero-order valence-corrected chi connectivity index (χ0v) is 17.9. The van der Waals surface area contributed by atoms with Crippen LogP contribution in [0.3, 0.4) is 0 Å². The maximum Gasteiger partial charge on any atom is 0.236 e. The fourth-order valence-corrected chi connectivity index (χ4v) is 4.31. The second-order valence-corrected chi connectivity index (χ2v) is 8.04. The Labute approximate surface area is 187 Å². The van der Waals surface area contributed by atoms with Gasteiger partial charge in [0.1, 0.15) is 11.6 Å². The van der Waals surface area contributed by atoms with Gasteiger partial charge >= 0.3 is 0 Å². The van der Waals surface area contributed by atoms with Crippen molar-refractivity contribution in [2.75, 3.05) is 12.0 Å². The summed E-state index contributed by atoms with van der Waals surface area (Å²) in [7, 11) is 1.61. The molecule has 0 bridgehead atoms. The van der Waals surface area contributed by atoms with E-state index in [9.17, 15) is 14.3 Å². The van der Waals surface area contributed by atoms with Crippen LogP contribution in [0.4, 0.5) is 10.1 Å². The van der Waals surface area contributed by atoms with Gasteiger partial charge in [0.15, 0.2) is 0 Å². The van der Waals surface area contributed by atoms with Crippen LogP contribution in [0.25, 0.3) is 0 Å². The maximum atomic E-state index is 13.2. The van der Waals surface area contributed by atoms with Gasteiger partial charge in [-0.25, -0.2) is 4.39 Å². The molecule has 3 N–H and O–H groups in total. The molecule has 5 nitrogen and oxygen atoms in total. The molecular formula is C26H27FN2O3. The van der Waals surface area contributed by atoms with Crippen molar-refractivity contribution in [1.82, 2.24) is 0 Å². The van der Waals surface area contributed by atoms with E-state index in [0.717, 1.165) is 22.6 Å². The lowest BCUT2D eigenvalue weighted by Gasteiger charge is -2.48. The first-order chi connectivity index (χ1) is 15.5. The van der Waals surface area contributed by atoms with E-state index < -0.39 is 6.10 Å². The monoisotopic (exact) mass is 434 g/mol. The van der Waals surface area contributed by atoms with Crippen molar-refractivity contribution in [3.05, 3.63) is 95.3 Å². The molecular weight excluding hydrogens is 407 g/mol. The number of carbonyl (C=O) groups excluding carboxylic acids is 1. The number of β-lactam (4-membered cyclic amide) rings is 1. The van der Waals surface area contributed by atoms with Gasteiger partial charge in [-0.3, -0.25) is 4.79 Å². The first kappa shape index (κ1) is 22.0. The summed E-state index contributed by atoms with van der Waals surface area (Å²) in [6.45, 7) is 0.440. The minimum absolute atomic E-state index is 0.0249. The van der Waals surface area contributed by atoms with Crippen LogP contribution in [0.15, 0.2) is 72.8 Å². The van der Waals surface area contributed by atoms with E-state index in [4.69, 9.17) is 10.5 Å². The fourth-order valence-electron chi connectivity index (χ4n) is 4.31. The quantitative estimate of drug-likeness (QED) is 0.518. The summed E-state index contributed by atoms with van der Waals surface area (Å²) in [5.74, 6) is 0.127. The molecule has 0 unspecified atom stereocenters. The Balaban J connectivity index is 1.56. The predicted molar refractivity (Wildman–Crippen MR) is 122 cm³/mol. The third-order valence-electron chi connectivity index (χ3n) is 6.14. The van der Waals surface area contributed by atoms with Gasteiger partial charge in [0, 0.05) is 12.2 Å². The maximum absolute atomic E-state index is 13.2. The molecule has 0 radical (unpaired) electrons. The second-order valence-electron chi connectivity index (χ2n) is 8.04. The molecule has 32 heavy (non-hydrogen) atoms. The summed E-state index contributed by atoms with van der Waals surface area (Å²) in [5.41, 5.74) is 9.10. The minimum atomic E-state index is -0.732. The van der Waals surface area contributed by atoms with Crippen LogP contribution in [0, 0.1) is 5.82 Å². The molecule has 4 rings (SSSR count). The summed E-state index contributed by atoms with van der Waals surface area (Å²) < 4.78 is 18.5. The number of nitrogens with zero attached hydrogens (tertiary/aromatic N) is 1. The van der Waals surface area contributed by atoms with E-state index >= 15 is 0 Å². The van der Waals surface area contributed by atoms with Gasteiger partial charge in [-0.2, -0.15) is 0 Å². The first-order valence-electron chi connectivity index (χ1n) is 10.7. The number of anilines is 1. The van der Waals surface area contributed by atoms with Crippen molar-refractivity contribution >= 4 is 11.6 Å². The number of ether oxygens (including phenoxy) is 1. The van der Waals surface area contributed by atoms with Gasteiger partial charge in [0.2, 0.25) is 5.91 Å². The summed E-state index contributed by atoms with van der Waals surface area (Å²) in [6, 6.07) is 21.0. The molecule has 6 heteroatoms. The molecule has 0 aromatic heterocycles. The Hall–Kier alpha value is -3.22. The number of benzene rings is 3. The standard InChI is InChI=1S/C26H27FN2O3/c1-32-22-12-6-19(7-13-22)25-23(14-15-24(30)18-4-8-20(27)9-5-18)29(26(25)31)21-10-2-17(16-28)3-11-21/h2-13,23-25,30H,14-16,28H2,1H3/t23-,24-,25+/m0/s1. The average molecular weight is 435 g/mol. The Bertz CT molecular complexity index is 994. The number of rotatable bonds is 8. The molecule has 0 saturated carbocycles. The number of aliphatic hydroxyl groups is 1. The normalized spacial score (nSPS) is 18.9. The topological polar surface area (TPSA) is 75.8 Å². The number of halogens is 1. The Morgan fingerprint density at radius 1 is 1.03 bits per heavy atom. The van der Waals surface area contributed by atoms with Gasteiger partial charge in [-0.1, -0.05) is 36.4 Å². The largest absolute Gasteiger partial charge is 0.497 e. The molecule has 1 amide bonds. The predicted octanol–water partition coefficient (Wildman–Crippen LogP) is 4.31. The fraction of sp³-hybridized carbons (Fsp3) is 0.269. The lowest BCUT2D eigenvalue weighted by atomic mass is 9.78. The second kappa shape index (κ2) is 9.51. The molecule has 1 saturated heterocycles. The van der Waals surface area contributed by atoms with Gasteiger partial charge in [0.25, 0.3) is 0 Å². The van der Waals surface area contributed by atoms with E-state index in [2.05, 4.69) is 0 Å². The van der Waals surface area contributed by atoms with Gasteiger partial charge < -0.3 is 20.5 Å². The summed E-state index contributed by atoms with van der Waals surface area (Å²) in [6.07, 6.45) is 0.317. The highest BCUT2D eigenvalue weighted by Crippen LogP contribution is 2.42. The number of amides is 1. The van der Waals surface area contributed by atoms with Gasteiger partial charge in [-0.15, -0.1) is 0 Å². The Morgan fingerprint density at radius 2 is 1.69 bits per heavy atom. The van der Waals surface area contributed by atoms with Crippen LogP contribution in [0.5, 0.6) is 5.75 Å². The van der Waals surface area contributed by atoms with Crippen LogP contribution in [0.1, 0.15) is 41.6 Å². The van der Waals surface area contributed by atoms with Crippen molar-refractivity contribution < 1.29 is 19.0 Å². The zero-order chi connectivity index (χ0) is 22.7. The first-order valence-corrected chi connectivity index (χ1v) is 10.7. The summed E-state index contributed by atoms with van der Waals surface area (Å²) in [5, 5.41) is 10.6. The third kappa shape index (κ3) is 4.38. The van der Waals surface area contributed by atoms with Crippen molar-refractivity contribution in [2.24, 2.45) is 5.73 Å². The highest BCUT2D eigenvalue weighted by atomic mass is 19.1. The highest BCUT2D eigenvalue weighted by Gasteiger charge is 2.48.